The van der Waals surface area contributed by atoms with Gasteiger partial charge in [-0.3, -0.25) is 9.00 Å². The van der Waals surface area contributed by atoms with Gasteiger partial charge in [-0.1, -0.05) is 30.3 Å². The number of ether oxygens (including phenoxy) is 2. The van der Waals surface area contributed by atoms with Gasteiger partial charge in [0.05, 0.1) is 19.0 Å². The molecule has 2 rings (SSSR count). The maximum Gasteiger partial charge on any atom is 0.318 e. The summed E-state index contributed by atoms with van der Waals surface area (Å²) in [5.74, 6) is 0.545. The van der Waals surface area contributed by atoms with Gasteiger partial charge in [-0.2, -0.15) is 0 Å². The molecular weight excluding hydrogens is 288 g/mol. The zero-order chi connectivity index (χ0) is 15.1. The van der Waals surface area contributed by atoms with Crippen LogP contribution < -0.4 is 4.74 Å². The van der Waals surface area contributed by atoms with Crippen LogP contribution in [0.4, 0.5) is 0 Å². The first-order valence-corrected chi connectivity index (χ1v) is 8.30. The van der Waals surface area contributed by atoms with E-state index in [-0.39, 0.29) is 5.75 Å². The van der Waals surface area contributed by atoms with Crippen molar-refractivity contribution in [2.75, 3.05) is 24.7 Å². The molecule has 0 heterocycles. The molecule has 0 saturated heterocycles. The summed E-state index contributed by atoms with van der Waals surface area (Å²) in [6, 6.07) is 13.8. The molecule has 112 valence electrons. The summed E-state index contributed by atoms with van der Waals surface area (Å²) >= 11 is 0. The maximum absolute atomic E-state index is 11.7. The molecule has 1 unspecified atom stereocenters. The highest BCUT2D eigenvalue weighted by Crippen LogP contribution is 2.20. The van der Waals surface area contributed by atoms with Crippen LogP contribution in [0.15, 0.2) is 42.5 Å². The fourth-order valence-corrected chi connectivity index (χ4v) is 2.68. The summed E-state index contributed by atoms with van der Waals surface area (Å²) in [7, 11) is -1.25. The molecule has 0 aliphatic heterocycles. The monoisotopic (exact) mass is 306 g/mol. The van der Waals surface area contributed by atoms with Crippen molar-refractivity contribution in [3.05, 3.63) is 42.5 Å². The van der Waals surface area contributed by atoms with Crippen LogP contribution in [-0.2, 0) is 20.3 Å². The predicted molar refractivity (Wildman–Crippen MR) is 84.0 cm³/mol. The molecule has 5 heteroatoms. The number of benzene rings is 2. The molecule has 2 aromatic rings. The molecule has 2 aromatic carbocycles. The summed E-state index contributed by atoms with van der Waals surface area (Å²) in [4.78, 5) is 11.2. The molecule has 0 aliphatic carbocycles. The van der Waals surface area contributed by atoms with E-state index in [2.05, 4.69) is 0 Å². The Labute approximate surface area is 126 Å². The van der Waals surface area contributed by atoms with Gasteiger partial charge in [0.25, 0.3) is 0 Å². The van der Waals surface area contributed by atoms with Gasteiger partial charge >= 0.3 is 5.97 Å². The summed E-state index contributed by atoms with van der Waals surface area (Å²) in [5.41, 5.74) is 0. The van der Waals surface area contributed by atoms with E-state index >= 15 is 0 Å². The average molecular weight is 306 g/mol. The first-order valence-electron chi connectivity index (χ1n) is 6.81. The number of hydrogen-bond donors (Lipinski definition) is 0. The summed E-state index contributed by atoms with van der Waals surface area (Å²) in [6.45, 7) is 2.34. The van der Waals surface area contributed by atoms with Gasteiger partial charge in [0, 0.05) is 10.8 Å². The first kappa shape index (κ1) is 15.5. The van der Waals surface area contributed by atoms with Crippen molar-refractivity contribution >= 4 is 27.5 Å². The normalized spacial score (nSPS) is 12.0. The lowest BCUT2D eigenvalue weighted by atomic mass is 10.1. The average Bonchev–Trinajstić information content (AvgIpc) is 2.47. The molecule has 0 fully saturated rings. The van der Waals surface area contributed by atoms with Crippen LogP contribution >= 0.6 is 0 Å². The van der Waals surface area contributed by atoms with Crippen LogP contribution in [-0.4, -0.2) is 34.9 Å². The highest BCUT2D eigenvalue weighted by molar-refractivity contribution is 7.85. The molecule has 0 radical (unpaired) electrons. The lowest BCUT2D eigenvalue weighted by molar-refractivity contribution is -0.139. The number of esters is 1. The lowest BCUT2D eigenvalue weighted by Crippen LogP contribution is -2.18. The van der Waals surface area contributed by atoms with E-state index < -0.39 is 16.8 Å². The second-order valence-corrected chi connectivity index (χ2v) is 6.03. The summed E-state index contributed by atoms with van der Waals surface area (Å²) in [5, 5.41) is 2.25. The van der Waals surface area contributed by atoms with Crippen LogP contribution in [0.25, 0.3) is 10.8 Å². The van der Waals surface area contributed by atoms with Crippen molar-refractivity contribution in [2.24, 2.45) is 0 Å². The van der Waals surface area contributed by atoms with Crippen molar-refractivity contribution in [1.29, 1.82) is 0 Å². The highest BCUT2D eigenvalue weighted by Gasteiger charge is 2.08. The van der Waals surface area contributed by atoms with Gasteiger partial charge in [0.1, 0.15) is 11.5 Å². The van der Waals surface area contributed by atoms with Crippen molar-refractivity contribution in [3.63, 3.8) is 0 Å². The second-order valence-electron chi connectivity index (χ2n) is 4.45. The fourth-order valence-electron chi connectivity index (χ4n) is 1.92. The van der Waals surface area contributed by atoms with Crippen molar-refractivity contribution in [2.45, 2.75) is 6.92 Å². The van der Waals surface area contributed by atoms with Crippen LogP contribution in [0.3, 0.4) is 0 Å². The number of carbonyl (C=O) groups is 1. The maximum atomic E-state index is 11.7. The number of carbonyl (C=O) groups excluding carboxylic acids is 1. The molecule has 1 atom stereocenters. The largest absolute Gasteiger partial charge is 0.493 e. The van der Waals surface area contributed by atoms with Gasteiger partial charge in [-0.15, -0.1) is 0 Å². The third-order valence-corrected chi connectivity index (χ3v) is 4.06. The minimum absolute atomic E-state index is 0.0745. The molecule has 0 aromatic heterocycles. The van der Waals surface area contributed by atoms with Gasteiger partial charge in [-0.05, 0) is 29.8 Å². The van der Waals surface area contributed by atoms with Gasteiger partial charge in [-0.25, -0.2) is 0 Å². The molecule has 0 amide bonds. The van der Waals surface area contributed by atoms with E-state index in [4.69, 9.17) is 9.47 Å². The zero-order valence-corrected chi connectivity index (χ0v) is 12.7. The van der Waals surface area contributed by atoms with E-state index in [0.29, 0.717) is 19.0 Å². The molecule has 0 spiro atoms. The molecular formula is C16H18O4S. The molecule has 0 saturated carbocycles. The van der Waals surface area contributed by atoms with Gasteiger partial charge in [0.2, 0.25) is 0 Å². The SMILES string of the molecule is CCOC(=O)CS(=O)CCOc1ccc2ccccc2c1. The minimum Gasteiger partial charge on any atom is -0.493 e. The van der Waals surface area contributed by atoms with Crippen molar-refractivity contribution < 1.29 is 18.5 Å². The summed E-state index contributed by atoms with van der Waals surface area (Å²) < 4.78 is 22.0. The first-order chi connectivity index (χ1) is 10.2. The quantitative estimate of drug-likeness (QED) is 0.738. The minimum atomic E-state index is -1.25. The zero-order valence-electron chi connectivity index (χ0n) is 11.9. The van der Waals surface area contributed by atoms with Crippen LogP contribution in [0.1, 0.15) is 6.92 Å². The molecule has 0 N–H and O–H groups in total. The Hall–Kier alpha value is -1.88. The smallest absolute Gasteiger partial charge is 0.318 e. The fraction of sp³-hybridized carbons (Fsp3) is 0.312. The van der Waals surface area contributed by atoms with Crippen LogP contribution in [0.2, 0.25) is 0 Å². The standard InChI is InChI=1S/C16H18O4S/c1-2-19-16(17)12-21(18)10-9-20-15-8-7-13-5-3-4-6-14(13)11-15/h3-8,11H,2,9-10,12H2,1H3. The number of rotatable bonds is 7. The lowest BCUT2D eigenvalue weighted by Gasteiger charge is -2.07. The molecule has 4 nitrogen and oxygen atoms in total. The van der Waals surface area contributed by atoms with E-state index in [9.17, 15) is 9.00 Å². The third-order valence-electron chi connectivity index (χ3n) is 2.88. The van der Waals surface area contributed by atoms with Gasteiger partial charge < -0.3 is 9.47 Å². The van der Waals surface area contributed by atoms with Crippen LogP contribution in [0.5, 0.6) is 5.75 Å². The summed E-state index contributed by atoms with van der Waals surface area (Å²) in [6.07, 6.45) is 0. The number of hydrogen-bond acceptors (Lipinski definition) is 4. The molecule has 0 bridgehead atoms. The molecule has 21 heavy (non-hydrogen) atoms. The van der Waals surface area contributed by atoms with Gasteiger partial charge in [0.15, 0.2) is 0 Å². The third kappa shape index (κ3) is 4.86. The van der Waals surface area contributed by atoms with E-state index in [1.54, 1.807) is 6.92 Å². The Bertz CT molecular complexity index is 639. The Morgan fingerprint density at radius 1 is 1.14 bits per heavy atom. The highest BCUT2D eigenvalue weighted by atomic mass is 32.2. The molecule has 0 aliphatic rings. The Balaban J connectivity index is 1.82. The Morgan fingerprint density at radius 3 is 2.67 bits per heavy atom. The van der Waals surface area contributed by atoms with Crippen molar-refractivity contribution in [3.8, 4) is 5.75 Å². The Morgan fingerprint density at radius 2 is 1.90 bits per heavy atom. The van der Waals surface area contributed by atoms with Crippen molar-refractivity contribution in [1.82, 2.24) is 0 Å². The second kappa shape index (κ2) is 7.78. The van der Waals surface area contributed by atoms with E-state index in [1.165, 1.54) is 0 Å². The van der Waals surface area contributed by atoms with E-state index in [0.717, 1.165) is 16.5 Å². The number of fused-ring (bicyclic) bond motifs is 1. The topological polar surface area (TPSA) is 52.6 Å². The Kier molecular flexibility index (Phi) is 5.75. The van der Waals surface area contributed by atoms with Crippen LogP contribution in [0, 0.1) is 0 Å². The predicted octanol–water partition coefficient (Wildman–Crippen LogP) is 2.53. The van der Waals surface area contributed by atoms with E-state index in [1.807, 2.05) is 42.5 Å².